The van der Waals surface area contributed by atoms with E-state index in [4.69, 9.17) is 4.74 Å². The van der Waals surface area contributed by atoms with E-state index in [2.05, 4.69) is 9.88 Å². The van der Waals surface area contributed by atoms with Gasteiger partial charge in [0.05, 0.1) is 19.1 Å². The van der Waals surface area contributed by atoms with Crippen LogP contribution in [0, 0.1) is 6.92 Å². The topological polar surface area (TPSA) is 125 Å². The van der Waals surface area contributed by atoms with Crippen LogP contribution in [0.3, 0.4) is 0 Å². The van der Waals surface area contributed by atoms with Gasteiger partial charge < -0.3 is 29.5 Å². The quantitative estimate of drug-likeness (QED) is 0.312. The summed E-state index contributed by atoms with van der Waals surface area (Å²) in [6.07, 6.45) is 5.20. The van der Waals surface area contributed by atoms with Gasteiger partial charge in [0, 0.05) is 43.0 Å². The molecule has 2 aromatic heterocycles. The molecule has 1 aliphatic heterocycles. The lowest BCUT2D eigenvalue weighted by Crippen LogP contribution is -2.33. The Bertz CT molecular complexity index is 1330. The highest BCUT2D eigenvalue weighted by Gasteiger charge is 2.30. The molecule has 0 amide bonds. The molecular weight excluding hydrogens is 474 g/mol. The number of phenolic OH excluding ortho intramolecular Hbond substituents is 2. The van der Waals surface area contributed by atoms with Crippen molar-refractivity contribution in [2.75, 3.05) is 25.1 Å². The van der Waals surface area contributed by atoms with Crippen molar-refractivity contribution in [2.24, 2.45) is 0 Å². The van der Waals surface area contributed by atoms with Crippen LogP contribution in [0.2, 0.25) is 0 Å². The van der Waals surface area contributed by atoms with Crippen molar-refractivity contribution in [1.29, 1.82) is 0 Å². The molecule has 1 aliphatic rings. The number of piperidine rings is 1. The Kier molecular flexibility index (Phi) is 8.01. The predicted octanol–water partition coefficient (Wildman–Crippen LogP) is 3.60. The predicted molar refractivity (Wildman–Crippen MR) is 139 cm³/mol. The molecular formula is C28H33N3O6. The van der Waals surface area contributed by atoms with Crippen molar-refractivity contribution in [3.8, 4) is 17.2 Å². The lowest BCUT2D eigenvalue weighted by atomic mass is 9.88. The van der Waals surface area contributed by atoms with Crippen molar-refractivity contribution < 1.29 is 24.9 Å². The van der Waals surface area contributed by atoms with Gasteiger partial charge >= 0.3 is 5.97 Å². The number of phenols is 2. The van der Waals surface area contributed by atoms with Crippen LogP contribution in [-0.2, 0) is 22.5 Å². The minimum atomic E-state index is -0.754. The van der Waals surface area contributed by atoms with Gasteiger partial charge in [0.1, 0.15) is 11.6 Å². The van der Waals surface area contributed by atoms with Crippen LogP contribution in [0.15, 0.2) is 47.4 Å². The third-order valence-corrected chi connectivity index (χ3v) is 6.98. The maximum absolute atomic E-state index is 13.9. The number of methoxy groups -OCH3 is 1. The molecule has 1 fully saturated rings. The number of nitrogens with zero attached hydrogens (tertiary/aromatic N) is 3. The van der Waals surface area contributed by atoms with E-state index in [-0.39, 0.29) is 35.8 Å². The van der Waals surface area contributed by atoms with Gasteiger partial charge in [-0.15, -0.1) is 0 Å². The number of anilines is 1. The molecule has 4 rings (SSSR count). The molecule has 3 aromatic rings. The maximum atomic E-state index is 13.9. The van der Waals surface area contributed by atoms with Gasteiger partial charge in [0.2, 0.25) is 0 Å². The minimum absolute atomic E-state index is 0.121. The number of ether oxygens (including phenoxy) is 1. The van der Waals surface area contributed by atoms with Crippen molar-refractivity contribution >= 4 is 11.8 Å². The molecule has 0 aliphatic carbocycles. The highest BCUT2D eigenvalue weighted by molar-refractivity contribution is 5.72. The molecule has 1 aromatic carbocycles. The molecule has 0 radical (unpaired) electrons. The normalized spacial score (nSPS) is 14.4. The number of pyridine rings is 2. The number of aromatic hydroxyl groups is 3. The summed E-state index contributed by atoms with van der Waals surface area (Å²) in [6.45, 7) is 3.67. The third kappa shape index (κ3) is 5.71. The Morgan fingerprint density at radius 3 is 2.51 bits per heavy atom. The number of rotatable bonds is 8. The Morgan fingerprint density at radius 1 is 1.05 bits per heavy atom. The first-order valence-corrected chi connectivity index (χ1v) is 12.5. The smallest absolute Gasteiger partial charge is 0.306 e. The molecule has 0 saturated carbocycles. The summed E-state index contributed by atoms with van der Waals surface area (Å²) < 4.78 is 6.52. The summed E-state index contributed by atoms with van der Waals surface area (Å²) in [5, 5.41) is 30.4. The second-order valence-corrected chi connectivity index (χ2v) is 9.41. The van der Waals surface area contributed by atoms with Crippen LogP contribution >= 0.6 is 0 Å². The first-order valence-electron chi connectivity index (χ1n) is 12.5. The van der Waals surface area contributed by atoms with Gasteiger partial charge in [-0.3, -0.25) is 9.59 Å². The molecule has 1 saturated heterocycles. The Balaban J connectivity index is 1.77. The second-order valence-electron chi connectivity index (χ2n) is 9.41. The monoisotopic (exact) mass is 507 g/mol. The number of aromatic nitrogens is 2. The van der Waals surface area contributed by atoms with Crippen molar-refractivity contribution in [2.45, 2.75) is 51.5 Å². The summed E-state index contributed by atoms with van der Waals surface area (Å²) in [7, 11) is 1.30. The van der Waals surface area contributed by atoms with Gasteiger partial charge in [0.25, 0.3) is 5.56 Å². The summed E-state index contributed by atoms with van der Waals surface area (Å²) in [6, 6.07) is 9.70. The number of hydrogen-bond acceptors (Lipinski definition) is 8. The van der Waals surface area contributed by atoms with E-state index < -0.39 is 17.4 Å². The van der Waals surface area contributed by atoms with E-state index in [9.17, 15) is 24.9 Å². The number of esters is 1. The van der Waals surface area contributed by atoms with Crippen LogP contribution in [0.1, 0.15) is 54.0 Å². The van der Waals surface area contributed by atoms with E-state index in [1.165, 1.54) is 25.3 Å². The summed E-state index contributed by atoms with van der Waals surface area (Å²) in [5.41, 5.74) is 1.72. The highest BCUT2D eigenvalue weighted by Crippen LogP contribution is 2.37. The zero-order chi connectivity index (χ0) is 26.5. The fraction of sp³-hybridized carbons (Fsp3) is 0.393. The van der Waals surface area contributed by atoms with Crippen LogP contribution in [0.25, 0.3) is 0 Å². The number of hydrogen-bond donors (Lipinski definition) is 3. The lowest BCUT2D eigenvalue weighted by molar-refractivity contribution is -0.140. The largest absolute Gasteiger partial charge is 0.507 e. The molecule has 37 heavy (non-hydrogen) atoms. The van der Waals surface area contributed by atoms with Crippen LogP contribution in [-0.4, -0.2) is 51.0 Å². The van der Waals surface area contributed by atoms with Gasteiger partial charge in [-0.05, 0) is 62.4 Å². The van der Waals surface area contributed by atoms with Crippen LogP contribution < -0.4 is 10.5 Å². The number of carbonyl (C=O) groups is 1. The lowest BCUT2D eigenvalue weighted by Gasteiger charge is -2.31. The molecule has 3 heterocycles. The van der Waals surface area contributed by atoms with Crippen molar-refractivity contribution in [1.82, 2.24) is 9.55 Å². The van der Waals surface area contributed by atoms with E-state index in [0.717, 1.165) is 37.9 Å². The molecule has 9 heteroatoms. The first-order chi connectivity index (χ1) is 17.8. The van der Waals surface area contributed by atoms with Crippen LogP contribution in [0.5, 0.6) is 17.2 Å². The third-order valence-electron chi connectivity index (χ3n) is 6.98. The molecule has 3 N–H and O–H groups in total. The second kappa shape index (κ2) is 11.4. The van der Waals surface area contributed by atoms with Crippen molar-refractivity contribution in [3.05, 3.63) is 75.3 Å². The van der Waals surface area contributed by atoms with E-state index >= 15 is 0 Å². The fourth-order valence-electron chi connectivity index (χ4n) is 5.01. The molecule has 1 atom stereocenters. The number of aryl methyl sites for hydroxylation is 2. The van der Waals surface area contributed by atoms with E-state index in [0.29, 0.717) is 23.5 Å². The molecule has 0 unspecified atom stereocenters. The average Bonchev–Trinajstić information content (AvgIpc) is 2.90. The summed E-state index contributed by atoms with van der Waals surface area (Å²) >= 11 is 0. The zero-order valence-electron chi connectivity index (χ0n) is 21.2. The Labute approximate surface area is 215 Å². The standard InChI is InChI=1S/C28H33N3O6/c1-18-15-24(34)26(28(36)31(18)14-10-19-8-9-22(32)23(33)16-19)21(17-25(35)37-2)20-7-6-11-29-27(20)30-12-4-3-5-13-30/h6-9,11,15-16,21,32-34H,3-5,10,12-14,17H2,1-2H3/t21-/m1/s1. The fourth-order valence-corrected chi connectivity index (χ4v) is 5.01. The van der Waals surface area contributed by atoms with Gasteiger partial charge in [-0.25, -0.2) is 4.98 Å². The SMILES string of the molecule is COC(=O)C[C@H](c1cccnc1N1CCCCC1)c1c(O)cc(C)n(CCc2ccc(O)c(O)c2)c1=O. The van der Waals surface area contributed by atoms with Gasteiger partial charge in [-0.2, -0.15) is 0 Å². The minimum Gasteiger partial charge on any atom is -0.507 e. The Hall–Kier alpha value is -4.01. The molecule has 9 nitrogen and oxygen atoms in total. The zero-order valence-corrected chi connectivity index (χ0v) is 21.2. The average molecular weight is 508 g/mol. The van der Waals surface area contributed by atoms with Gasteiger partial charge in [-0.1, -0.05) is 12.1 Å². The van der Waals surface area contributed by atoms with E-state index in [1.54, 1.807) is 29.8 Å². The maximum Gasteiger partial charge on any atom is 0.306 e. The van der Waals surface area contributed by atoms with Crippen molar-refractivity contribution in [3.63, 3.8) is 0 Å². The Morgan fingerprint density at radius 2 is 1.81 bits per heavy atom. The number of carbonyl (C=O) groups excluding carboxylic acids is 1. The summed E-state index contributed by atoms with van der Waals surface area (Å²) in [5.74, 6) is -1.16. The molecule has 196 valence electrons. The highest BCUT2D eigenvalue weighted by atomic mass is 16.5. The van der Waals surface area contributed by atoms with E-state index in [1.807, 2.05) is 6.07 Å². The van der Waals surface area contributed by atoms with Crippen LogP contribution in [0.4, 0.5) is 5.82 Å². The molecule has 0 spiro atoms. The molecule has 0 bridgehead atoms. The number of benzene rings is 1. The first kappa shape index (κ1) is 26.1. The summed E-state index contributed by atoms with van der Waals surface area (Å²) in [4.78, 5) is 33.1. The van der Waals surface area contributed by atoms with Gasteiger partial charge in [0.15, 0.2) is 11.5 Å².